The number of hydrogen-bond acceptors (Lipinski definition) is 3. The fourth-order valence-corrected chi connectivity index (χ4v) is 4.81. The quantitative estimate of drug-likeness (QED) is 0.199. The maximum atomic E-state index is 12.5. The van der Waals surface area contributed by atoms with Gasteiger partial charge >= 0.3 is 0 Å². The monoisotopic (exact) mass is 620 g/mol. The minimum Gasteiger partial charge on any atom is -0.487 e. The van der Waals surface area contributed by atoms with Gasteiger partial charge in [-0.05, 0) is 93.6 Å². The van der Waals surface area contributed by atoms with Crippen LogP contribution in [0.2, 0.25) is 0 Å². The van der Waals surface area contributed by atoms with E-state index >= 15 is 0 Å². The third kappa shape index (κ3) is 6.06. The molecule has 0 radical (unpaired) electrons. The van der Waals surface area contributed by atoms with Crippen molar-refractivity contribution in [3.63, 3.8) is 0 Å². The first-order chi connectivity index (χ1) is 14.5. The average molecular weight is 620 g/mol. The molecule has 0 aliphatic carbocycles. The maximum absolute atomic E-state index is 12.5. The number of benzene rings is 3. The predicted octanol–water partition coefficient (Wildman–Crippen LogP) is 6.33. The third-order valence-electron chi connectivity index (χ3n) is 4.23. The van der Waals surface area contributed by atoms with Gasteiger partial charge in [0.1, 0.15) is 24.0 Å². The Bertz CT molecular complexity index is 1100. The predicted molar refractivity (Wildman–Crippen MR) is 136 cm³/mol. The Kier molecular flexibility index (Phi) is 7.87. The fraction of sp³-hybridized carbons (Fsp3) is 0.0833. The minimum atomic E-state index is -0.434. The summed E-state index contributed by atoms with van der Waals surface area (Å²) in [6, 6.07) is 23.2. The van der Waals surface area contributed by atoms with E-state index in [1.165, 1.54) is 0 Å². The Labute approximate surface area is 203 Å². The number of nitrogens with zero attached hydrogens (tertiary/aromatic N) is 1. The van der Waals surface area contributed by atoms with Crippen molar-refractivity contribution in [1.82, 2.24) is 0 Å². The number of anilines is 1. The van der Waals surface area contributed by atoms with E-state index in [1.54, 1.807) is 6.08 Å². The van der Waals surface area contributed by atoms with Gasteiger partial charge in [-0.2, -0.15) is 5.26 Å². The number of carbonyl (C=O) groups is 1. The Balaban J connectivity index is 1.76. The summed E-state index contributed by atoms with van der Waals surface area (Å²) >= 11 is 4.42. The van der Waals surface area contributed by atoms with Gasteiger partial charge in [-0.1, -0.05) is 48.0 Å². The van der Waals surface area contributed by atoms with Gasteiger partial charge < -0.3 is 10.1 Å². The first kappa shape index (κ1) is 22.3. The first-order valence-electron chi connectivity index (χ1n) is 9.12. The lowest BCUT2D eigenvalue weighted by Crippen LogP contribution is -2.13. The van der Waals surface area contributed by atoms with Crippen LogP contribution < -0.4 is 10.1 Å². The number of rotatable bonds is 6. The van der Waals surface area contributed by atoms with E-state index in [1.807, 2.05) is 79.7 Å². The Morgan fingerprint density at radius 1 is 1.07 bits per heavy atom. The van der Waals surface area contributed by atoms with E-state index in [9.17, 15) is 10.1 Å². The second-order valence-electron chi connectivity index (χ2n) is 6.58. The lowest BCUT2D eigenvalue weighted by atomic mass is 10.1. The topological polar surface area (TPSA) is 62.1 Å². The van der Waals surface area contributed by atoms with Crippen molar-refractivity contribution in [2.24, 2.45) is 0 Å². The number of hydrogen-bond donors (Lipinski definition) is 1. The molecule has 3 rings (SSSR count). The number of halogens is 2. The molecule has 0 atom stereocenters. The molecule has 0 bridgehead atoms. The van der Waals surface area contributed by atoms with Crippen LogP contribution >= 0.6 is 45.2 Å². The molecule has 4 nitrogen and oxygen atoms in total. The highest BCUT2D eigenvalue weighted by Crippen LogP contribution is 2.30. The van der Waals surface area contributed by atoms with Crippen LogP contribution in [0.3, 0.4) is 0 Å². The Hall–Kier alpha value is -2.38. The molecule has 30 heavy (non-hydrogen) atoms. The van der Waals surface area contributed by atoms with E-state index in [2.05, 4.69) is 50.5 Å². The van der Waals surface area contributed by atoms with Gasteiger partial charge in [0.05, 0.1) is 7.14 Å². The molecule has 0 aliphatic rings. The van der Waals surface area contributed by atoms with Crippen molar-refractivity contribution < 1.29 is 9.53 Å². The minimum absolute atomic E-state index is 0.0418. The summed E-state index contributed by atoms with van der Waals surface area (Å²) in [7, 11) is 0. The van der Waals surface area contributed by atoms with Crippen molar-refractivity contribution in [2.75, 3.05) is 5.32 Å². The number of carbonyl (C=O) groups excluding carboxylic acids is 1. The summed E-state index contributed by atoms with van der Waals surface area (Å²) in [5.74, 6) is 0.357. The summed E-state index contributed by atoms with van der Waals surface area (Å²) in [6.45, 7) is 2.45. The second kappa shape index (κ2) is 10.6. The zero-order chi connectivity index (χ0) is 21.5. The van der Waals surface area contributed by atoms with Gasteiger partial charge in [-0.3, -0.25) is 4.79 Å². The van der Waals surface area contributed by atoms with Gasteiger partial charge in [-0.15, -0.1) is 0 Å². The molecule has 0 fully saturated rings. The molecule has 0 unspecified atom stereocenters. The number of nitriles is 1. The maximum Gasteiger partial charge on any atom is 0.266 e. The lowest BCUT2D eigenvalue weighted by molar-refractivity contribution is -0.112. The van der Waals surface area contributed by atoms with Crippen molar-refractivity contribution in [1.29, 1.82) is 5.26 Å². The SMILES string of the molecule is Cc1ccc(NC(=O)/C(C#N)=C/c2cc(I)c(OCc3ccccc3)c(I)c2)cc1. The number of amides is 1. The molecule has 0 aliphatic heterocycles. The molecule has 0 saturated carbocycles. The first-order valence-corrected chi connectivity index (χ1v) is 11.3. The molecule has 0 saturated heterocycles. The Morgan fingerprint density at radius 3 is 2.30 bits per heavy atom. The zero-order valence-electron chi connectivity index (χ0n) is 16.2. The largest absolute Gasteiger partial charge is 0.487 e. The van der Waals surface area contributed by atoms with Gasteiger partial charge in [0, 0.05) is 5.69 Å². The van der Waals surface area contributed by atoms with Crippen LogP contribution in [0, 0.1) is 25.4 Å². The van der Waals surface area contributed by atoms with Crippen LogP contribution in [0.1, 0.15) is 16.7 Å². The molecule has 150 valence electrons. The van der Waals surface area contributed by atoms with E-state index in [0.29, 0.717) is 12.3 Å². The molecule has 0 aromatic heterocycles. The van der Waals surface area contributed by atoms with Crippen LogP contribution in [0.5, 0.6) is 5.75 Å². The lowest BCUT2D eigenvalue weighted by Gasteiger charge is -2.12. The van der Waals surface area contributed by atoms with Crippen LogP contribution in [-0.4, -0.2) is 5.91 Å². The highest BCUT2D eigenvalue weighted by molar-refractivity contribution is 14.1. The van der Waals surface area contributed by atoms with Crippen LogP contribution in [0.4, 0.5) is 5.69 Å². The third-order valence-corrected chi connectivity index (χ3v) is 5.83. The summed E-state index contributed by atoms with van der Waals surface area (Å²) < 4.78 is 7.83. The summed E-state index contributed by atoms with van der Waals surface area (Å²) in [5, 5.41) is 12.2. The molecule has 1 N–H and O–H groups in total. The standard InChI is InChI=1S/C24H18I2N2O2/c1-16-7-9-20(10-8-16)28-24(29)19(14-27)11-18-12-21(25)23(22(26)13-18)30-15-17-5-3-2-4-6-17/h2-13H,15H2,1H3,(H,28,29)/b19-11+. The van der Waals surface area contributed by atoms with Gasteiger partial charge in [0.15, 0.2) is 0 Å². The number of nitrogens with one attached hydrogen (secondary N) is 1. The van der Waals surface area contributed by atoms with Crippen molar-refractivity contribution >= 4 is 62.9 Å². The van der Waals surface area contributed by atoms with Gasteiger partial charge in [-0.25, -0.2) is 0 Å². The van der Waals surface area contributed by atoms with E-state index in [4.69, 9.17) is 4.74 Å². The van der Waals surface area contributed by atoms with Crippen molar-refractivity contribution in [3.8, 4) is 11.8 Å². The van der Waals surface area contributed by atoms with E-state index in [0.717, 1.165) is 29.6 Å². The molecule has 6 heteroatoms. The summed E-state index contributed by atoms with van der Waals surface area (Å²) in [6.07, 6.45) is 1.59. The van der Waals surface area contributed by atoms with Gasteiger partial charge in [0.25, 0.3) is 5.91 Å². The second-order valence-corrected chi connectivity index (χ2v) is 8.90. The molecule has 3 aromatic rings. The summed E-state index contributed by atoms with van der Waals surface area (Å²) in [5.41, 5.74) is 3.66. The molecule has 1 amide bonds. The molecule has 3 aromatic carbocycles. The Morgan fingerprint density at radius 2 is 1.70 bits per heavy atom. The fourth-order valence-electron chi connectivity index (χ4n) is 2.68. The van der Waals surface area contributed by atoms with E-state index in [-0.39, 0.29) is 5.57 Å². The smallest absolute Gasteiger partial charge is 0.266 e. The summed E-state index contributed by atoms with van der Waals surface area (Å²) in [4.78, 5) is 12.5. The van der Waals surface area contributed by atoms with Crippen molar-refractivity contribution in [3.05, 3.63) is 96.1 Å². The van der Waals surface area contributed by atoms with Crippen LogP contribution in [0.25, 0.3) is 6.08 Å². The number of aryl methyl sites for hydroxylation is 1. The highest BCUT2D eigenvalue weighted by atomic mass is 127. The zero-order valence-corrected chi connectivity index (χ0v) is 20.5. The molecule has 0 heterocycles. The highest BCUT2D eigenvalue weighted by Gasteiger charge is 2.13. The normalized spacial score (nSPS) is 10.9. The molecule has 0 spiro atoms. The van der Waals surface area contributed by atoms with Gasteiger partial charge in [0.2, 0.25) is 0 Å². The van der Waals surface area contributed by atoms with Crippen LogP contribution in [0.15, 0.2) is 72.3 Å². The average Bonchev–Trinajstić information content (AvgIpc) is 2.73. The molecular weight excluding hydrogens is 602 g/mol. The van der Waals surface area contributed by atoms with Crippen LogP contribution in [-0.2, 0) is 11.4 Å². The van der Waals surface area contributed by atoms with Crippen molar-refractivity contribution in [2.45, 2.75) is 13.5 Å². The molecular formula is C24H18I2N2O2. The number of ether oxygens (including phenoxy) is 1. The van der Waals surface area contributed by atoms with E-state index < -0.39 is 5.91 Å².